The first-order valence-corrected chi connectivity index (χ1v) is 4.51. The van der Waals surface area contributed by atoms with Crippen molar-refractivity contribution in [2.75, 3.05) is 0 Å². The van der Waals surface area contributed by atoms with Gasteiger partial charge >= 0.3 is 0 Å². The number of hydrogen-bond acceptors (Lipinski definition) is 2. The number of hydrogen-bond donors (Lipinski definition) is 1. The van der Waals surface area contributed by atoms with Crippen molar-refractivity contribution >= 4 is 15.9 Å². The Balaban J connectivity index is 2.74. The molecule has 0 aliphatic rings. The SMILES string of the molecule is C=CC[C@H](N)c1ccc(Br)cn1. The van der Waals surface area contributed by atoms with Crippen LogP contribution in [0.1, 0.15) is 18.2 Å². The second kappa shape index (κ2) is 4.38. The fraction of sp³-hybridized carbons (Fsp3) is 0.222. The highest BCUT2D eigenvalue weighted by Crippen LogP contribution is 2.14. The number of pyridine rings is 1. The summed E-state index contributed by atoms with van der Waals surface area (Å²) in [5.41, 5.74) is 6.71. The summed E-state index contributed by atoms with van der Waals surface area (Å²) in [6.45, 7) is 3.63. The third-order valence-electron chi connectivity index (χ3n) is 1.55. The number of halogens is 1. The Kier molecular flexibility index (Phi) is 3.44. The number of aromatic nitrogens is 1. The van der Waals surface area contributed by atoms with E-state index in [0.717, 1.165) is 16.6 Å². The van der Waals surface area contributed by atoms with E-state index in [9.17, 15) is 0 Å². The summed E-state index contributed by atoms with van der Waals surface area (Å²) in [6, 6.07) is 3.82. The molecule has 0 radical (unpaired) electrons. The molecule has 0 fully saturated rings. The first-order chi connectivity index (χ1) is 5.74. The van der Waals surface area contributed by atoms with Crippen molar-refractivity contribution < 1.29 is 0 Å². The van der Waals surface area contributed by atoms with Gasteiger partial charge in [0, 0.05) is 10.7 Å². The van der Waals surface area contributed by atoms with Crippen LogP contribution in [0, 0.1) is 0 Å². The Morgan fingerprint density at radius 3 is 2.92 bits per heavy atom. The molecule has 0 aromatic carbocycles. The largest absolute Gasteiger partial charge is 0.322 e. The maximum absolute atomic E-state index is 5.81. The summed E-state index contributed by atoms with van der Waals surface area (Å²) in [4.78, 5) is 4.18. The number of nitrogens with two attached hydrogens (primary N) is 1. The van der Waals surface area contributed by atoms with Crippen LogP contribution < -0.4 is 5.73 Å². The molecule has 0 saturated heterocycles. The Morgan fingerprint density at radius 2 is 2.42 bits per heavy atom. The summed E-state index contributed by atoms with van der Waals surface area (Å²) in [7, 11) is 0. The molecule has 3 heteroatoms. The van der Waals surface area contributed by atoms with Gasteiger partial charge in [-0.1, -0.05) is 6.08 Å². The maximum Gasteiger partial charge on any atom is 0.0575 e. The highest BCUT2D eigenvalue weighted by Gasteiger charge is 2.03. The van der Waals surface area contributed by atoms with Crippen molar-refractivity contribution in [1.82, 2.24) is 4.98 Å². The average molecular weight is 227 g/mol. The minimum absolute atomic E-state index is 0.0319. The van der Waals surface area contributed by atoms with Crippen molar-refractivity contribution in [3.8, 4) is 0 Å². The van der Waals surface area contributed by atoms with Gasteiger partial charge in [-0.3, -0.25) is 4.98 Å². The monoisotopic (exact) mass is 226 g/mol. The fourth-order valence-corrected chi connectivity index (χ4v) is 1.14. The van der Waals surface area contributed by atoms with Crippen molar-refractivity contribution in [1.29, 1.82) is 0 Å². The van der Waals surface area contributed by atoms with Crippen LogP contribution in [-0.4, -0.2) is 4.98 Å². The normalized spacial score (nSPS) is 12.5. The lowest BCUT2D eigenvalue weighted by atomic mass is 10.1. The molecule has 12 heavy (non-hydrogen) atoms. The lowest BCUT2D eigenvalue weighted by Crippen LogP contribution is -2.10. The Bertz CT molecular complexity index is 256. The predicted octanol–water partition coefficient (Wildman–Crippen LogP) is 2.42. The molecular formula is C9H11BrN2. The lowest BCUT2D eigenvalue weighted by molar-refractivity contribution is 0.713. The van der Waals surface area contributed by atoms with Gasteiger partial charge in [-0.25, -0.2) is 0 Å². The molecule has 0 amide bonds. The molecule has 2 nitrogen and oxygen atoms in total. The summed E-state index contributed by atoms with van der Waals surface area (Å²) in [5, 5.41) is 0. The van der Waals surface area contributed by atoms with E-state index in [1.807, 2.05) is 12.1 Å². The molecule has 2 N–H and O–H groups in total. The quantitative estimate of drug-likeness (QED) is 0.805. The van der Waals surface area contributed by atoms with E-state index < -0.39 is 0 Å². The van der Waals surface area contributed by atoms with E-state index in [-0.39, 0.29) is 6.04 Å². The number of rotatable bonds is 3. The molecule has 0 spiro atoms. The van der Waals surface area contributed by atoms with Crippen LogP contribution >= 0.6 is 15.9 Å². The molecule has 0 aliphatic heterocycles. The second-order valence-electron chi connectivity index (χ2n) is 2.53. The highest BCUT2D eigenvalue weighted by atomic mass is 79.9. The van der Waals surface area contributed by atoms with Crippen LogP contribution in [0.15, 0.2) is 35.5 Å². The summed E-state index contributed by atoms with van der Waals surface area (Å²) >= 11 is 3.31. The zero-order valence-electron chi connectivity index (χ0n) is 6.70. The Labute approximate surface area is 80.6 Å². The van der Waals surface area contributed by atoms with E-state index in [1.54, 1.807) is 12.3 Å². The first-order valence-electron chi connectivity index (χ1n) is 3.72. The van der Waals surface area contributed by atoms with Gasteiger partial charge in [-0.05, 0) is 34.5 Å². The summed E-state index contributed by atoms with van der Waals surface area (Å²) in [6.07, 6.45) is 4.31. The second-order valence-corrected chi connectivity index (χ2v) is 3.45. The smallest absolute Gasteiger partial charge is 0.0575 e. The topological polar surface area (TPSA) is 38.9 Å². The van der Waals surface area contributed by atoms with Crippen molar-refractivity contribution in [2.24, 2.45) is 5.73 Å². The maximum atomic E-state index is 5.81. The van der Waals surface area contributed by atoms with Gasteiger partial charge in [-0.2, -0.15) is 0 Å². The molecule has 1 rings (SSSR count). The van der Waals surface area contributed by atoms with Crippen molar-refractivity contribution in [3.63, 3.8) is 0 Å². The molecule has 0 saturated carbocycles. The molecule has 1 aromatic rings. The summed E-state index contributed by atoms with van der Waals surface area (Å²) < 4.78 is 0.969. The van der Waals surface area contributed by atoms with Gasteiger partial charge < -0.3 is 5.73 Å². The van der Waals surface area contributed by atoms with Gasteiger partial charge in [0.25, 0.3) is 0 Å². The van der Waals surface area contributed by atoms with E-state index in [2.05, 4.69) is 27.5 Å². The van der Waals surface area contributed by atoms with Gasteiger partial charge in [0.05, 0.1) is 11.7 Å². The fourth-order valence-electron chi connectivity index (χ4n) is 0.907. The third kappa shape index (κ3) is 2.43. The van der Waals surface area contributed by atoms with Gasteiger partial charge in [0.2, 0.25) is 0 Å². The van der Waals surface area contributed by atoms with E-state index in [4.69, 9.17) is 5.73 Å². The zero-order chi connectivity index (χ0) is 8.97. The number of nitrogens with zero attached hydrogens (tertiary/aromatic N) is 1. The highest BCUT2D eigenvalue weighted by molar-refractivity contribution is 9.10. The van der Waals surface area contributed by atoms with E-state index in [0.29, 0.717) is 0 Å². The molecule has 1 atom stereocenters. The van der Waals surface area contributed by atoms with E-state index in [1.165, 1.54) is 0 Å². The van der Waals surface area contributed by atoms with Crippen LogP contribution in [-0.2, 0) is 0 Å². The van der Waals surface area contributed by atoms with Crippen molar-refractivity contribution in [2.45, 2.75) is 12.5 Å². The van der Waals surface area contributed by atoms with Crippen LogP contribution in [0.4, 0.5) is 0 Å². The van der Waals surface area contributed by atoms with Crippen LogP contribution in [0.2, 0.25) is 0 Å². The minimum Gasteiger partial charge on any atom is -0.322 e. The third-order valence-corrected chi connectivity index (χ3v) is 2.02. The molecule has 1 aromatic heterocycles. The lowest BCUT2D eigenvalue weighted by Gasteiger charge is -2.07. The van der Waals surface area contributed by atoms with Gasteiger partial charge in [0.1, 0.15) is 0 Å². The van der Waals surface area contributed by atoms with Crippen LogP contribution in [0.5, 0.6) is 0 Å². The molecule has 1 heterocycles. The molecule has 0 bridgehead atoms. The van der Waals surface area contributed by atoms with Crippen LogP contribution in [0.25, 0.3) is 0 Å². The Morgan fingerprint density at radius 1 is 1.67 bits per heavy atom. The Hall–Kier alpha value is -0.670. The predicted molar refractivity (Wildman–Crippen MR) is 53.7 cm³/mol. The van der Waals surface area contributed by atoms with Crippen molar-refractivity contribution in [3.05, 3.63) is 41.2 Å². The van der Waals surface area contributed by atoms with Crippen LogP contribution in [0.3, 0.4) is 0 Å². The van der Waals surface area contributed by atoms with Gasteiger partial charge in [-0.15, -0.1) is 6.58 Å². The molecular weight excluding hydrogens is 216 g/mol. The minimum atomic E-state index is -0.0319. The molecule has 0 unspecified atom stereocenters. The average Bonchev–Trinajstić information content (AvgIpc) is 2.06. The summed E-state index contributed by atoms with van der Waals surface area (Å²) in [5.74, 6) is 0. The van der Waals surface area contributed by atoms with Gasteiger partial charge in [0.15, 0.2) is 0 Å². The van der Waals surface area contributed by atoms with E-state index >= 15 is 0 Å². The standard InChI is InChI=1S/C9H11BrN2/c1-2-3-8(11)9-5-4-7(10)6-12-9/h2,4-6,8H,1,3,11H2/t8-/m0/s1. The molecule has 64 valence electrons. The zero-order valence-corrected chi connectivity index (χ0v) is 8.29. The molecule has 0 aliphatic carbocycles. The first kappa shape index (κ1) is 9.42.